The van der Waals surface area contributed by atoms with Crippen molar-refractivity contribution in [3.8, 4) is 5.75 Å². The van der Waals surface area contributed by atoms with Gasteiger partial charge in [-0.2, -0.15) is 0 Å². The summed E-state index contributed by atoms with van der Waals surface area (Å²) in [7, 11) is 1.55. The van der Waals surface area contributed by atoms with Crippen molar-refractivity contribution >= 4 is 17.8 Å². The number of ether oxygens (including phenoxy) is 1. The maximum atomic E-state index is 13.0. The van der Waals surface area contributed by atoms with Crippen LogP contribution in [0.15, 0.2) is 18.2 Å². The molecule has 3 rings (SSSR count). The Labute approximate surface area is 158 Å². The largest absolute Gasteiger partial charge is 0.496 e. The van der Waals surface area contributed by atoms with Gasteiger partial charge in [-0.15, -0.1) is 0 Å². The second-order valence-corrected chi connectivity index (χ2v) is 7.70. The summed E-state index contributed by atoms with van der Waals surface area (Å²) in [6.45, 7) is 4.90. The smallest absolute Gasteiger partial charge is 0.326 e. The van der Waals surface area contributed by atoms with E-state index in [0.29, 0.717) is 50.2 Å². The number of carbonyl (C=O) groups excluding carboxylic acids is 2. The van der Waals surface area contributed by atoms with Crippen molar-refractivity contribution < 1.29 is 24.2 Å². The van der Waals surface area contributed by atoms with E-state index in [4.69, 9.17) is 4.74 Å². The molecule has 0 saturated carbocycles. The Bertz CT molecular complexity index is 744. The lowest BCUT2D eigenvalue weighted by atomic mass is 9.76. The van der Waals surface area contributed by atoms with Crippen LogP contribution in [0.4, 0.5) is 0 Å². The minimum Gasteiger partial charge on any atom is -0.496 e. The summed E-state index contributed by atoms with van der Waals surface area (Å²) in [6.07, 6.45) is 1.85. The predicted octanol–water partition coefficient (Wildman–Crippen LogP) is 1.93. The maximum Gasteiger partial charge on any atom is 0.326 e. The molecule has 1 atom stereocenters. The Balaban J connectivity index is 1.72. The number of carbonyl (C=O) groups is 3. The molecule has 0 bridgehead atoms. The molecular formula is C20H26N2O5. The van der Waals surface area contributed by atoms with Crippen LogP contribution in [-0.4, -0.2) is 65.5 Å². The van der Waals surface area contributed by atoms with E-state index in [2.05, 4.69) is 0 Å². The molecule has 27 heavy (non-hydrogen) atoms. The molecule has 0 unspecified atom stereocenters. The van der Waals surface area contributed by atoms with E-state index in [9.17, 15) is 19.5 Å². The fourth-order valence-corrected chi connectivity index (χ4v) is 4.31. The molecule has 2 fully saturated rings. The fourth-order valence-electron chi connectivity index (χ4n) is 4.31. The number of likely N-dealkylation sites (tertiary alicyclic amines) is 2. The van der Waals surface area contributed by atoms with Gasteiger partial charge in [0.15, 0.2) is 0 Å². The molecule has 2 heterocycles. The number of amides is 2. The average molecular weight is 374 g/mol. The molecule has 0 aliphatic carbocycles. The van der Waals surface area contributed by atoms with Crippen LogP contribution in [-0.2, 0) is 9.59 Å². The summed E-state index contributed by atoms with van der Waals surface area (Å²) in [5.41, 5.74) is 1.32. The molecule has 1 spiro atoms. The van der Waals surface area contributed by atoms with Crippen LogP contribution in [0, 0.1) is 12.3 Å². The van der Waals surface area contributed by atoms with Gasteiger partial charge in [0.1, 0.15) is 11.8 Å². The molecule has 0 aromatic heterocycles. The summed E-state index contributed by atoms with van der Waals surface area (Å²) in [6, 6.07) is 4.77. The van der Waals surface area contributed by atoms with E-state index in [1.807, 2.05) is 19.1 Å². The Morgan fingerprint density at radius 3 is 2.41 bits per heavy atom. The van der Waals surface area contributed by atoms with E-state index in [1.54, 1.807) is 18.1 Å². The van der Waals surface area contributed by atoms with Crippen LogP contribution in [0.25, 0.3) is 0 Å². The topological polar surface area (TPSA) is 87.2 Å². The highest BCUT2D eigenvalue weighted by molar-refractivity contribution is 5.97. The summed E-state index contributed by atoms with van der Waals surface area (Å²) < 4.78 is 5.33. The van der Waals surface area contributed by atoms with Crippen LogP contribution in [0.1, 0.15) is 42.1 Å². The van der Waals surface area contributed by atoms with Gasteiger partial charge >= 0.3 is 5.97 Å². The number of carboxylic acids is 1. The lowest BCUT2D eigenvalue weighted by Crippen LogP contribution is -2.44. The number of piperidine rings is 1. The Morgan fingerprint density at radius 2 is 1.89 bits per heavy atom. The summed E-state index contributed by atoms with van der Waals surface area (Å²) in [5, 5.41) is 9.45. The molecule has 1 aromatic carbocycles. The first kappa shape index (κ1) is 19.2. The first-order valence-electron chi connectivity index (χ1n) is 9.20. The average Bonchev–Trinajstić information content (AvgIpc) is 3.02. The third-order valence-corrected chi connectivity index (χ3v) is 5.89. The molecule has 1 aromatic rings. The Kier molecular flexibility index (Phi) is 5.13. The van der Waals surface area contributed by atoms with Crippen molar-refractivity contribution in [2.45, 2.75) is 39.2 Å². The lowest BCUT2D eigenvalue weighted by molar-refractivity contribution is -0.147. The van der Waals surface area contributed by atoms with Crippen molar-refractivity contribution in [2.24, 2.45) is 5.41 Å². The van der Waals surface area contributed by atoms with Crippen LogP contribution >= 0.6 is 0 Å². The Morgan fingerprint density at radius 1 is 1.22 bits per heavy atom. The molecule has 146 valence electrons. The van der Waals surface area contributed by atoms with E-state index >= 15 is 0 Å². The maximum absolute atomic E-state index is 13.0. The van der Waals surface area contributed by atoms with Crippen LogP contribution < -0.4 is 4.74 Å². The molecule has 2 saturated heterocycles. The van der Waals surface area contributed by atoms with E-state index in [-0.39, 0.29) is 17.2 Å². The van der Waals surface area contributed by atoms with Gasteiger partial charge in [-0.25, -0.2) is 4.79 Å². The van der Waals surface area contributed by atoms with Gasteiger partial charge in [-0.1, -0.05) is 11.6 Å². The number of carboxylic acid groups (broad SMARTS) is 1. The quantitative estimate of drug-likeness (QED) is 0.874. The normalized spacial score (nSPS) is 21.4. The predicted molar refractivity (Wildman–Crippen MR) is 98.7 cm³/mol. The highest BCUT2D eigenvalue weighted by Gasteiger charge is 2.49. The van der Waals surface area contributed by atoms with Crippen molar-refractivity contribution in [2.75, 3.05) is 26.7 Å². The first-order valence-corrected chi connectivity index (χ1v) is 9.20. The number of rotatable bonds is 3. The zero-order chi connectivity index (χ0) is 19.8. The van der Waals surface area contributed by atoms with Gasteiger partial charge in [-0.05, 0) is 43.7 Å². The first-order chi connectivity index (χ1) is 12.8. The van der Waals surface area contributed by atoms with Crippen LogP contribution in [0.3, 0.4) is 0 Å². The second-order valence-electron chi connectivity index (χ2n) is 7.70. The molecule has 7 nitrogen and oxygen atoms in total. The van der Waals surface area contributed by atoms with Crippen LogP contribution in [0.5, 0.6) is 5.75 Å². The zero-order valence-electron chi connectivity index (χ0n) is 16.0. The number of hydrogen-bond acceptors (Lipinski definition) is 4. The molecular weight excluding hydrogens is 348 g/mol. The third kappa shape index (κ3) is 3.63. The molecule has 0 radical (unpaired) electrons. The molecule has 2 aliphatic rings. The minimum atomic E-state index is -0.954. The van der Waals surface area contributed by atoms with Gasteiger partial charge in [0.2, 0.25) is 5.91 Å². The minimum absolute atomic E-state index is 0.0680. The van der Waals surface area contributed by atoms with Crippen molar-refractivity contribution in [3.05, 3.63) is 29.3 Å². The monoisotopic (exact) mass is 374 g/mol. The van der Waals surface area contributed by atoms with Gasteiger partial charge < -0.3 is 19.6 Å². The number of aryl methyl sites for hydroxylation is 1. The SMILES string of the molecule is COc1ccc(C)cc1C(=O)N1CCC2(CC1)C[C@@H](C(=O)O)N(C(C)=O)C2. The number of hydrogen-bond donors (Lipinski definition) is 1. The molecule has 1 N–H and O–H groups in total. The van der Waals surface area contributed by atoms with Crippen LogP contribution in [0.2, 0.25) is 0 Å². The standard InChI is InChI=1S/C20H26N2O5/c1-13-4-5-17(27-3)15(10-13)18(24)21-8-6-20(7-9-21)11-16(19(25)26)22(12-20)14(2)23/h4-5,10,16H,6-9,11-12H2,1-3H3,(H,25,26)/t16-/m0/s1. The third-order valence-electron chi connectivity index (χ3n) is 5.89. The zero-order valence-corrected chi connectivity index (χ0v) is 16.0. The van der Waals surface area contributed by atoms with Crippen molar-refractivity contribution in [1.82, 2.24) is 9.80 Å². The molecule has 2 amide bonds. The Hall–Kier alpha value is -2.57. The summed E-state index contributed by atoms with van der Waals surface area (Å²) >= 11 is 0. The van der Waals surface area contributed by atoms with E-state index < -0.39 is 12.0 Å². The van der Waals surface area contributed by atoms with Gasteiger partial charge in [0.05, 0.1) is 12.7 Å². The highest BCUT2D eigenvalue weighted by atomic mass is 16.5. The number of methoxy groups -OCH3 is 1. The van der Waals surface area contributed by atoms with E-state index in [0.717, 1.165) is 5.56 Å². The highest BCUT2D eigenvalue weighted by Crippen LogP contribution is 2.43. The second kappa shape index (κ2) is 7.21. The summed E-state index contributed by atoms with van der Waals surface area (Å²) in [5.74, 6) is -0.672. The van der Waals surface area contributed by atoms with Crippen molar-refractivity contribution in [1.29, 1.82) is 0 Å². The molecule has 2 aliphatic heterocycles. The van der Waals surface area contributed by atoms with Gasteiger partial charge in [-0.3, -0.25) is 9.59 Å². The fraction of sp³-hybridized carbons (Fsp3) is 0.550. The number of benzene rings is 1. The van der Waals surface area contributed by atoms with Crippen molar-refractivity contribution in [3.63, 3.8) is 0 Å². The van der Waals surface area contributed by atoms with Gasteiger partial charge in [0, 0.05) is 26.6 Å². The number of nitrogens with zero attached hydrogens (tertiary/aromatic N) is 2. The summed E-state index contributed by atoms with van der Waals surface area (Å²) in [4.78, 5) is 39.6. The van der Waals surface area contributed by atoms with Gasteiger partial charge in [0.25, 0.3) is 5.91 Å². The molecule has 7 heteroatoms. The lowest BCUT2D eigenvalue weighted by Gasteiger charge is -2.39. The van der Waals surface area contributed by atoms with E-state index in [1.165, 1.54) is 11.8 Å². The number of aliphatic carboxylic acids is 1.